The van der Waals surface area contributed by atoms with Crippen molar-refractivity contribution in [1.29, 1.82) is 0 Å². The van der Waals surface area contributed by atoms with Crippen LogP contribution in [-0.4, -0.2) is 6.54 Å². The maximum atomic E-state index is 5.73. The summed E-state index contributed by atoms with van der Waals surface area (Å²) in [5, 5.41) is 3.52. The van der Waals surface area contributed by atoms with Crippen molar-refractivity contribution in [3.05, 3.63) is 23.7 Å². The Hall–Kier alpha value is -0.760. The first-order chi connectivity index (χ1) is 8.77. The van der Waals surface area contributed by atoms with Gasteiger partial charge in [0.2, 0.25) is 0 Å². The van der Waals surface area contributed by atoms with Gasteiger partial charge in [-0.15, -0.1) is 0 Å². The summed E-state index contributed by atoms with van der Waals surface area (Å²) in [6.07, 6.45) is 9.31. The van der Waals surface area contributed by atoms with Gasteiger partial charge in [-0.05, 0) is 32.0 Å². The quantitative estimate of drug-likeness (QED) is 0.593. The lowest BCUT2D eigenvalue weighted by Gasteiger charge is -2.15. The second-order valence-corrected chi connectivity index (χ2v) is 5.12. The van der Waals surface area contributed by atoms with Crippen molar-refractivity contribution in [3.8, 4) is 0 Å². The molecule has 0 fully saturated rings. The molecule has 18 heavy (non-hydrogen) atoms. The third-order valence-corrected chi connectivity index (χ3v) is 3.40. The fourth-order valence-corrected chi connectivity index (χ4v) is 2.36. The van der Waals surface area contributed by atoms with E-state index >= 15 is 0 Å². The summed E-state index contributed by atoms with van der Waals surface area (Å²) >= 11 is 0. The Labute approximate surface area is 112 Å². The number of furan rings is 1. The van der Waals surface area contributed by atoms with Crippen LogP contribution in [0.15, 0.2) is 16.5 Å². The summed E-state index contributed by atoms with van der Waals surface area (Å²) in [4.78, 5) is 0. The van der Waals surface area contributed by atoms with Crippen LogP contribution in [0.1, 0.15) is 76.4 Å². The van der Waals surface area contributed by atoms with Crippen LogP contribution in [-0.2, 0) is 0 Å². The molecule has 1 aromatic rings. The molecule has 0 radical (unpaired) electrons. The molecule has 0 aliphatic rings. The standard InChI is InChI=1S/C16H29NO/c1-4-6-7-8-9-10-11-15(17-5-2)16-13-12-14(3)18-16/h12-13,15,17H,4-11H2,1-3H3. The summed E-state index contributed by atoms with van der Waals surface area (Å²) in [5.41, 5.74) is 0. The second-order valence-electron chi connectivity index (χ2n) is 5.12. The second kappa shape index (κ2) is 9.21. The van der Waals surface area contributed by atoms with Gasteiger partial charge in [0.25, 0.3) is 0 Å². The molecule has 0 amide bonds. The van der Waals surface area contributed by atoms with Crippen molar-refractivity contribution < 1.29 is 4.42 Å². The molecule has 1 aromatic heterocycles. The van der Waals surface area contributed by atoms with Crippen LogP contribution in [0.2, 0.25) is 0 Å². The highest BCUT2D eigenvalue weighted by Gasteiger charge is 2.13. The maximum Gasteiger partial charge on any atom is 0.121 e. The summed E-state index contributed by atoms with van der Waals surface area (Å²) in [6, 6.07) is 4.57. The molecule has 0 aliphatic carbocycles. The van der Waals surface area contributed by atoms with Crippen LogP contribution >= 0.6 is 0 Å². The van der Waals surface area contributed by atoms with E-state index in [1.807, 2.05) is 6.92 Å². The zero-order chi connectivity index (χ0) is 13.2. The van der Waals surface area contributed by atoms with Gasteiger partial charge in [0, 0.05) is 0 Å². The van der Waals surface area contributed by atoms with Crippen molar-refractivity contribution in [2.45, 2.75) is 71.8 Å². The van der Waals surface area contributed by atoms with Crippen molar-refractivity contribution in [2.24, 2.45) is 0 Å². The number of hydrogen-bond acceptors (Lipinski definition) is 2. The first kappa shape index (κ1) is 15.3. The predicted octanol–water partition coefficient (Wildman–Crippen LogP) is 4.99. The Kier molecular flexibility index (Phi) is 7.83. The highest BCUT2D eigenvalue weighted by atomic mass is 16.3. The highest BCUT2D eigenvalue weighted by molar-refractivity contribution is 5.09. The molecular formula is C16H29NO. The average Bonchev–Trinajstić information content (AvgIpc) is 2.79. The summed E-state index contributed by atoms with van der Waals surface area (Å²) < 4.78 is 5.73. The Bertz CT molecular complexity index is 306. The molecule has 0 spiro atoms. The van der Waals surface area contributed by atoms with Crippen LogP contribution in [0, 0.1) is 6.92 Å². The summed E-state index contributed by atoms with van der Waals surface area (Å²) in [7, 11) is 0. The lowest BCUT2D eigenvalue weighted by molar-refractivity contribution is 0.379. The number of hydrogen-bond donors (Lipinski definition) is 1. The number of nitrogens with one attached hydrogen (secondary N) is 1. The van der Waals surface area contributed by atoms with Crippen LogP contribution in [0.3, 0.4) is 0 Å². The molecule has 1 unspecified atom stereocenters. The minimum Gasteiger partial charge on any atom is -0.465 e. The smallest absolute Gasteiger partial charge is 0.121 e. The third-order valence-electron chi connectivity index (χ3n) is 3.40. The molecule has 0 saturated heterocycles. The van der Waals surface area contributed by atoms with E-state index in [9.17, 15) is 0 Å². The molecule has 0 saturated carbocycles. The van der Waals surface area contributed by atoms with Gasteiger partial charge < -0.3 is 9.73 Å². The van der Waals surface area contributed by atoms with Gasteiger partial charge in [-0.2, -0.15) is 0 Å². The Balaban J connectivity index is 2.26. The first-order valence-electron chi connectivity index (χ1n) is 7.57. The predicted molar refractivity (Wildman–Crippen MR) is 77.9 cm³/mol. The van der Waals surface area contributed by atoms with E-state index in [0.717, 1.165) is 18.1 Å². The molecule has 104 valence electrons. The zero-order valence-corrected chi connectivity index (χ0v) is 12.3. The van der Waals surface area contributed by atoms with Gasteiger partial charge in [0.15, 0.2) is 0 Å². The van der Waals surface area contributed by atoms with E-state index in [-0.39, 0.29) is 0 Å². The lowest BCUT2D eigenvalue weighted by Crippen LogP contribution is -2.20. The van der Waals surface area contributed by atoms with Gasteiger partial charge >= 0.3 is 0 Å². The highest BCUT2D eigenvalue weighted by Crippen LogP contribution is 2.22. The summed E-state index contributed by atoms with van der Waals surface area (Å²) in [5.74, 6) is 2.11. The molecule has 1 N–H and O–H groups in total. The van der Waals surface area contributed by atoms with Crippen molar-refractivity contribution in [1.82, 2.24) is 5.32 Å². The Morgan fingerprint density at radius 3 is 2.39 bits per heavy atom. The minimum absolute atomic E-state index is 0.398. The van der Waals surface area contributed by atoms with Gasteiger partial charge in [-0.3, -0.25) is 0 Å². The van der Waals surface area contributed by atoms with Gasteiger partial charge in [-0.1, -0.05) is 52.4 Å². The van der Waals surface area contributed by atoms with Crippen molar-refractivity contribution in [2.75, 3.05) is 6.54 Å². The maximum absolute atomic E-state index is 5.73. The average molecular weight is 251 g/mol. The molecule has 1 atom stereocenters. The molecule has 1 rings (SSSR count). The van der Waals surface area contributed by atoms with E-state index < -0.39 is 0 Å². The van der Waals surface area contributed by atoms with E-state index in [2.05, 4.69) is 31.3 Å². The van der Waals surface area contributed by atoms with Gasteiger partial charge in [0.05, 0.1) is 6.04 Å². The number of rotatable bonds is 10. The van der Waals surface area contributed by atoms with Crippen LogP contribution in [0.4, 0.5) is 0 Å². The monoisotopic (exact) mass is 251 g/mol. The van der Waals surface area contributed by atoms with Crippen molar-refractivity contribution >= 4 is 0 Å². The Morgan fingerprint density at radius 2 is 1.78 bits per heavy atom. The van der Waals surface area contributed by atoms with E-state index in [1.165, 1.54) is 44.9 Å². The molecule has 2 heteroatoms. The topological polar surface area (TPSA) is 25.2 Å². The van der Waals surface area contributed by atoms with Crippen LogP contribution in [0.25, 0.3) is 0 Å². The van der Waals surface area contributed by atoms with Crippen LogP contribution < -0.4 is 5.32 Å². The molecule has 0 aromatic carbocycles. The fourth-order valence-electron chi connectivity index (χ4n) is 2.36. The van der Waals surface area contributed by atoms with Crippen molar-refractivity contribution in [3.63, 3.8) is 0 Å². The molecule has 0 aliphatic heterocycles. The van der Waals surface area contributed by atoms with E-state index in [1.54, 1.807) is 0 Å². The molecule has 0 bridgehead atoms. The van der Waals surface area contributed by atoms with Gasteiger partial charge in [0.1, 0.15) is 11.5 Å². The zero-order valence-electron chi connectivity index (χ0n) is 12.3. The minimum atomic E-state index is 0.398. The van der Waals surface area contributed by atoms with E-state index in [4.69, 9.17) is 4.42 Å². The van der Waals surface area contributed by atoms with Crippen LogP contribution in [0.5, 0.6) is 0 Å². The lowest BCUT2D eigenvalue weighted by atomic mass is 10.0. The Morgan fingerprint density at radius 1 is 1.06 bits per heavy atom. The first-order valence-corrected chi connectivity index (χ1v) is 7.57. The van der Waals surface area contributed by atoms with Gasteiger partial charge in [-0.25, -0.2) is 0 Å². The molecule has 2 nitrogen and oxygen atoms in total. The SMILES string of the molecule is CCCCCCCCC(NCC)c1ccc(C)o1. The number of aryl methyl sites for hydroxylation is 1. The van der Waals surface area contributed by atoms with E-state index in [0.29, 0.717) is 6.04 Å². The fraction of sp³-hybridized carbons (Fsp3) is 0.750. The molecule has 1 heterocycles. The molecular weight excluding hydrogens is 222 g/mol. The number of unbranched alkanes of at least 4 members (excludes halogenated alkanes) is 5. The largest absolute Gasteiger partial charge is 0.465 e. The summed E-state index contributed by atoms with van der Waals surface area (Å²) in [6.45, 7) is 7.43. The third kappa shape index (κ3) is 5.72. The normalized spacial score (nSPS) is 12.8.